The molecule has 3 rings (SSSR count). The Balaban J connectivity index is 1.61. The molecule has 0 amide bonds. The lowest BCUT2D eigenvalue weighted by Gasteiger charge is -2.41. The van der Waals surface area contributed by atoms with E-state index in [0.29, 0.717) is 11.7 Å². The molecule has 4 unspecified atom stereocenters. The summed E-state index contributed by atoms with van der Waals surface area (Å²) in [4.78, 5) is 11.2. The van der Waals surface area contributed by atoms with Crippen LogP contribution in [-0.2, 0) is 16.0 Å². The van der Waals surface area contributed by atoms with Crippen LogP contribution >= 0.6 is 0 Å². The zero-order valence-electron chi connectivity index (χ0n) is 18.9. The lowest BCUT2D eigenvalue weighted by Crippen LogP contribution is -2.44. The number of unbranched alkanes of at least 4 members (excludes halogenated alkanes) is 5. The molecule has 1 fully saturated rings. The molecule has 1 aromatic rings. The number of phenols is 1. The van der Waals surface area contributed by atoms with Gasteiger partial charge in [0.1, 0.15) is 11.5 Å². The summed E-state index contributed by atoms with van der Waals surface area (Å²) in [5.41, 5.74) is 2.15. The number of hydrogen-bond donors (Lipinski definition) is 2. The predicted molar refractivity (Wildman–Crippen MR) is 119 cm³/mol. The standard InChI is InChI=1S/C25H39NO4/c1-4-5-6-7-8-9-10-19-13-23(28)25-22-15-21(26-17(2)30-18(3)27)12-11-20(22)16-29-24(25)14-19/h13-14,17,20-22,26,28H,4-12,15-16H2,1-3H3. The van der Waals surface area contributed by atoms with E-state index in [-0.39, 0.29) is 24.2 Å². The van der Waals surface area contributed by atoms with E-state index in [1.165, 1.54) is 44.6 Å². The van der Waals surface area contributed by atoms with E-state index in [2.05, 4.69) is 18.3 Å². The number of phenolic OH excluding ortho intramolecular Hbond substituents is 1. The van der Waals surface area contributed by atoms with Crippen LogP contribution in [0, 0.1) is 5.92 Å². The predicted octanol–water partition coefficient (Wildman–Crippen LogP) is 5.44. The Kier molecular flexibility index (Phi) is 8.43. The van der Waals surface area contributed by atoms with E-state index >= 15 is 0 Å². The second kappa shape index (κ2) is 11.0. The molecule has 5 nitrogen and oxygen atoms in total. The molecule has 0 spiro atoms. The average Bonchev–Trinajstić information content (AvgIpc) is 2.69. The Morgan fingerprint density at radius 2 is 2.00 bits per heavy atom. The number of aromatic hydroxyl groups is 1. The Morgan fingerprint density at radius 3 is 2.77 bits per heavy atom. The second-order valence-electron chi connectivity index (χ2n) is 9.15. The molecule has 168 valence electrons. The Hall–Kier alpha value is -1.75. The van der Waals surface area contributed by atoms with Crippen LogP contribution in [0.5, 0.6) is 11.5 Å². The number of aryl methyl sites for hydroxylation is 1. The number of hydrogen-bond acceptors (Lipinski definition) is 5. The smallest absolute Gasteiger partial charge is 0.304 e. The summed E-state index contributed by atoms with van der Waals surface area (Å²) in [6.45, 7) is 6.28. The summed E-state index contributed by atoms with van der Waals surface area (Å²) in [5, 5.41) is 14.3. The highest BCUT2D eigenvalue weighted by molar-refractivity contribution is 5.66. The van der Waals surface area contributed by atoms with Crippen molar-refractivity contribution in [2.75, 3.05) is 6.61 Å². The third-order valence-corrected chi connectivity index (χ3v) is 6.63. The maximum atomic E-state index is 11.2. The van der Waals surface area contributed by atoms with Crippen LogP contribution in [0.25, 0.3) is 0 Å². The number of esters is 1. The topological polar surface area (TPSA) is 67.8 Å². The zero-order valence-corrected chi connectivity index (χ0v) is 18.9. The largest absolute Gasteiger partial charge is 0.508 e. The molecule has 0 radical (unpaired) electrons. The van der Waals surface area contributed by atoms with E-state index in [4.69, 9.17) is 9.47 Å². The van der Waals surface area contributed by atoms with Gasteiger partial charge in [-0.2, -0.15) is 0 Å². The summed E-state index contributed by atoms with van der Waals surface area (Å²) in [5.74, 6) is 1.71. The molecule has 5 heteroatoms. The SMILES string of the molecule is CCCCCCCCc1cc(O)c2c(c1)OCC1CCC(NC(C)OC(C)=O)CC21. The number of carbonyl (C=O) groups is 1. The van der Waals surface area contributed by atoms with Crippen molar-refractivity contribution < 1.29 is 19.4 Å². The molecule has 0 saturated heterocycles. The van der Waals surface area contributed by atoms with Gasteiger partial charge in [0, 0.05) is 24.4 Å². The maximum Gasteiger partial charge on any atom is 0.304 e. The van der Waals surface area contributed by atoms with Crippen LogP contribution in [0.15, 0.2) is 12.1 Å². The van der Waals surface area contributed by atoms with Crippen LogP contribution in [0.3, 0.4) is 0 Å². The molecule has 1 aliphatic carbocycles. The molecular formula is C25H39NO4. The third-order valence-electron chi connectivity index (χ3n) is 6.63. The second-order valence-corrected chi connectivity index (χ2v) is 9.15. The molecule has 2 aliphatic rings. The molecule has 1 saturated carbocycles. The van der Waals surface area contributed by atoms with Crippen molar-refractivity contribution in [1.29, 1.82) is 0 Å². The fraction of sp³-hybridized carbons (Fsp3) is 0.720. The minimum absolute atomic E-state index is 0.268. The van der Waals surface area contributed by atoms with E-state index < -0.39 is 0 Å². The third kappa shape index (κ3) is 6.13. The van der Waals surface area contributed by atoms with Crippen LogP contribution < -0.4 is 10.1 Å². The molecular weight excluding hydrogens is 378 g/mol. The van der Waals surface area contributed by atoms with E-state index in [1.54, 1.807) is 0 Å². The fourth-order valence-corrected chi connectivity index (χ4v) is 5.16. The first-order valence-electron chi connectivity index (χ1n) is 11.9. The van der Waals surface area contributed by atoms with Crippen molar-refractivity contribution >= 4 is 5.97 Å². The molecule has 2 N–H and O–H groups in total. The van der Waals surface area contributed by atoms with Crippen molar-refractivity contribution in [3.05, 3.63) is 23.3 Å². The van der Waals surface area contributed by atoms with Gasteiger partial charge in [-0.15, -0.1) is 0 Å². The van der Waals surface area contributed by atoms with Crippen molar-refractivity contribution in [1.82, 2.24) is 5.32 Å². The van der Waals surface area contributed by atoms with Crippen molar-refractivity contribution in [2.24, 2.45) is 5.92 Å². The Morgan fingerprint density at radius 1 is 1.23 bits per heavy atom. The first-order chi connectivity index (χ1) is 14.5. The molecule has 1 aromatic carbocycles. The molecule has 0 aromatic heterocycles. The van der Waals surface area contributed by atoms with Gasteiger partial charge in [-0.1, -0.05) is 39.0 Å². The van der Waals surface area contributed by atoms with Crippen molar-refractivity contribution in [2.45, 2.75) is 103 Å². The maximum absolute atomic E-state index is 11.2. The number of benzene rings is 1. The fourth-order valence-electron chi connectivity index (χ4n) is 5.16. The Labute approximate surface area is 181 Å². The summed E-state index contributed by atoms with van der Waals surface area (Å²) >= 11 is 0. The number of fused-ring (bicyclic) bond motifs is 3. The minimum atomic E-state index is -0.295. The van der Waals surface area contributed by atoms with Gasteiger partial charge in [0.25, 0.3) is 0 Å². The molecule has 30 heavy (non-hydrogen) atoms. The van der Waals surface area contributed by atoms with E-state index in [1.807, 2.05) is 13.0 Å². The molecule has 1 heterocycles. The summed E-state index contributed by atoms with van der Waals surface area (Å²) in [6.07, 6.45) is 11.3. The number of carbonyl (C=O) groups excluding carboxylic acids is 1. The highest BCUT2D eigenvalue weighted by Crippen LogP contribution is 2.49. The summed E-state index contributed by atoms with van der Waals surface area (Å²) < 4.78 is 11.3. The lowest BCUT2D eigenvalue weighted by atomic mass is 9.72. The van der Waals surface area contributed by atoms with Gasteiger partial charge >= 0.3 is 5.97 Å². The number of ether oxygens (including phenoxy) is 2. The highest BCUT2D eigenvalue weighted by Gasteiger charge is 2.38. The van der Waals surface area contributed by atoms with Gasteiger partial charge in [-0.25, -0.2) is 0 Å². The monoisotopic (exact) mass is 417 g/mol. The molecule has 0 bridgehead atoms. The van der Waals surface area contributed by atoms with E-state index in [9.17, 15) is 9.90 Å². The quantitative estimate of drug-likeness (QED) is 0.301. The Bertz CT molecular complexity index is 705. The van der Waals surface area contributed by atoms with Gasteiger partial charge in [0.2, 0.25) is 0 Å². The summed E-state index contributed by atoms with van der Waals surface area (Å²) in [7, 11) is 0. The van der Waals surface area contributed by atoms with Crippen LogP contribution in [0.2, 0.25) is 0 Å². The summed E-state index contributed by atoms with van der Waals surface area (Å²) in [6, 6.07) is 4.37. The molecule has 4 atom stereocenters. The van der Waals surface area contributed by atoms with Crippen LogP contribution in [0.1, 0.15) is 95.6 Å². The number of nitrogens with one attached hydrogen (secondary N) is 1. The van der Waals surface area contributed by atoms with Gasteiger partial charge in [0.05, 0.1) is 6.61 Å². The van der Waals surface area contributed by atoms with Crippen LogP contribution in [0.4, 0.5) is 0 Å². The first kappa shape index (κ1) is 22.9. The van der Waals surface area contributed by atoms with E-state index in [0.717, 1.165) is 50.0 Å². The van der Waals surface area contributed by atoms with Crippen molar-refractivity contribution in [3.63, 3.8) is 0 Å². The zero-order chi connectivity index (χ0) is 21.5. The van der Waals surface area contributed by atoms with Gasteiger partial charge in [-0.3, -0.25) is 10.1 Å². The highest BCUT2D eigenvalue weighted by atomic mass is 16.6. The minimum Gasteiger partial charge on any atom is -0.508 e. The van der Waals surface area contributed by atoms with Gasteiger partial charge < -0.3 is 14.6 Å². The van der Waals surface area contributed by atoms with Crippen molar-refractivity contribution in [3.8, 4) is 11.5 Å². The normalized spacial score (nSPS) is 23.8. The first-order valence-corrected chi connectivity index (χ1v) is 11.9. The molecule has 1 aliphatic heterocycles. The average molecular weight is 418 g/mol. The number of rotatable bonds is 10. The van der Waals surface area contributed by atoms with Gasteiger partial charge in [-0.05, 0) is 62.6 Å². The lowest BCUT2D eigenvalue weighted by molar-refractivity contribution is -0.147. The van der Waals surface area contributed by atoms with Crippen LogP contribution in [-0.4, -0.2) is 30.0 Å². The van der Waals surface area contributed by atoms with Gasteiger partial charge in [0.15, 0.2) is 6.23 Å².